The average Bonchev–Trinajstić information content (AvgIpc) is 2.33. The van der Waals surface area contributed by atoms with Crippen molar-refractivity contribution in [3.63, 3.8) is 0 Å². The number of halogens is 4. The lowest BCUT2D eigenvalue weighted by molar-refractivity contribution is -0.136. The van der Waals surface area contributed by atoms with Crippen molar-refractivity contribution in [3.8, 4) is 0 Å². The number of nitrogen functional groups attached to an aromatic ring is 1. The van der Waals surface area contributed by atoms with Crippen molar-refractivity contribution in [2.45, 2.75) is 13.1 Å². The molecule has 0 saturated heterocycles. The second-order valence-corrected chi connectivity index (χ2v) is 4.68. The fraction of sp³-hybridized carbons (Fsp3) is 0.154. The van der Waals surface area contributed by atoms with Gasteiger partial charge in [0.25, 0.3) is 0 Å². The Morgan fingerprint density at radius 2 is 1.95 bits per heavy atom. The molecule has 3 N–H and O–H groups in total. The number of rotatable bonds is 2. The molecule has 2 aromatic rings. The Labute approximate surface area is 118 Å². The van der Waals surface area contributed by atoms with Crippen LogP contribution >= 0.6 is 11.6 Å². The minimum atomic E-state index is -4.51. The lowest BCUT2D eigenvalue weighted by atomic mass is 10.1. The summed E-state index contributed by atoms with van der Waals surface area (Å²) in [5.41, 5.74) is 5.69. The van der Waals surface area contributed by atoms with Crippen molar-refractivity contribution in [2.75, 3.05) is 11.1 Å². The molecule has 0 saturated carbocycles. The number of pyridine rings is 1. The summed E-state index contributed by atoms with van der Waals surface area (Å²) in [5.74, 6) is 0.312. The van der Waals surface area contributed by atoms with Crippen LogP contribution in [0.25, 0.3) is 0 Å². The molecule has 20 heavy (non-hydrogen) atoms. The van der Waals surface area contributed by atoms with E-state index in [2.05, 4.69) is 10.3 Å². The molecule has 1 aromatic carbocycles. The smallest absolute Gasteiger partial charge is 0.397 e. The Hall–Kier alpha value is -1.95. The summed E-state index contributed by atoms with van der Waals surface area (Å²) < 4.78 is 38.9. The van der Waals surface area contributed by atoms with E-state index in [1.54, 1.807) is 13.0 Å². The zero-order valence-electron chi connectivity index (χ0n) is 10.4. The summed E-state index contributed by atoms with van der Waals surface area (Å²) in [6.45, 7) is 1.70. The number of aryl methyl sites for hydroxylation is 1. The van der Waals surface area contributed by atoms with Gasteiger partial charge in [-0.2, -0.15) is 13.2 Å². The van der Waals surface area contributed by atoms with Crippen LogP contribution in [0.15, 0.2) is 30.5 Å². The molecule has 0 aliphatic heterocycles. The van der Waals surface area contributed by atoms with Gasteiger partial charge >= 0.3 is 6.18 Å². The second-order valence-electron chi connectivity index (χ2n) is 4.25. The maximum Gasteiger partial charge on any atom is 0.418 e. The molecule has 0 radical (unpaired) electrons. The molecule has 0 aliphatic rings. The summed E-state index contributed by atoms with van der Waals surface area (Å²) in [5, 5.41) is 2.67. The van der Waals surface area contributed by atoms with E-state index >= 15 is 0 Å². The van der Waals surface area contributed by atoms with E-state index in [1.165, 1.54) is 18.3 Å². The molecular weight excluding hydrogens is 291 g/mol. The van der Waals surface area contributed by atoms with Crippen molar-refractivity contribution in [1.82, 2.24) is 4.98 Å². The van der Waals surface area contributed by atoms with E-state index in [-0.39, 0.29) is 10.7 Å². The topological polar surface area (TPSA) is 50.9 Å². The molecule has 0 spiro atoms. The van der Waals surface area contributed by atoms with Gasteiger partial charge in [0.2, 0.25) is 0 Å². The van der Waals surface area contributed by atoms with Gasteiger partial charge in [-0.05, 0) is 36.8 Å². The lowest BCUT2D eigenvalue weighted by Crippen LogP contribution is -2.09. The number of aromatic nitrogens is 1. The van der Waals surface area contributed by atoms with Crippen LogP contribution in [0, 0.1) is 6.92 Å². The number of nitrogens with zero attached hydrogens (tertiary/aromatic N) is 1. The first-order valence-electron chi connectivity index (χ1n) is 5.63. The van der Waals surface area contributed by atoms with Gasteiger partial charge in [-0.1, -0.05) is 11.6 Å². The van der Waals surface area contributed by atoms with Crippen LogP contribution in [-0.4, -0.2) is 4.98 Å². The monoisotopic (exact) mass is 301 g/mol. The maximum atomic E-state index is 13.0. The highest BCUT2D eigenvalue weighted by Gasteiger charge is 2.34. The van der Waals surface area contributed by atoms with Crippen molar-refractivity contribution < 1.29 is 13.2 Å². The number of alkyl halides is 3. The third kappa shape index (κ3) is 3.14. The Morgan fingerprint density at radius 1 is 1.25 bits per heavy atom. The number of nitrogens with two attached hydrogens (primary N) is 1. The first-order valence-corrected chi connectivity index (χ1v) is 6.01. The molecule has 3 nitrogen and oxygen atoms in total. The number of hydrogen-bond acceptors (Lipinski definition) is 3. The Morgan fingerprint density at radius 3 is 2.55 bits per heavy atom. The fourth-order valence-electron chi connectivity index (χ4n) is 1.71. The first-order chi connectivity index (χ1) is 9.27. The van der Waals surface area contributed by atoms with E-state index in [0.717, 1.165) is 6.07 Å². The Kier molecular flexibility index (Phi) is 3.76. The Bertz CT molecular complexity index is 641. The Balaban J connectivity index is 2.43. The predicted molar refractivity (Wildman–Crippen MR) is 73.1 cm³/mol. The van der Waals surface area contributed by atoms with Gasteiger partial charge in [0, 0.05) is 5.02 Å². The van der Waals surface area contributed by atoms with Crippen LogP contribution in [-0.2, 0) is 6.18 Å². The minimum absolute atomic E-state index is 0.0184. The van der Waals surface area contributed by atoms with E-state index in [0.29, 0.717) is 17.1 Å². The van der Waals surface area contributed by atoms with Gasteiger partial charge in [-0.25, -0.2) is 4.98 Å². The standard InChI is InChI=1S/C13H11ClF3N3/c1-7-4-9(18)6-19-12(7)20-11-3-2-8(14)5-10(11)13(15,16)17/h2-6H,18H2,1H3,(H,19,20). The molecule has 1 aromatic heterocycles. The SMILES string of the molecule is Cc1cc(N)cnc1Nc1ccc(Cl)cc1C(F)(F)F. The van der Waals surface area contributed by atoms with Gasteiger partial charge < -0.3 is 11.1 Å². The largest absolute Gasteiger partial charge is 0.418 e. The predicted octanol–water partition coefficient (Wildman–Crippen LogP) is 4.39. The number of anilines is 3. The third-order valence-electron chi connectivity index (χ3n) is 2.64. The molecule has 0 amide bonds. The quantitative estimate of drug-likeness (QED) is 0.865. The van der Waals surface area contributed by atoms with Crippen LogP contribution in [0.4, 0.5) is 30.4 Å². The minimum Gasteiger partial charge on any atom is -0.397 e. The fourth-order valence-corrected chi connectivity index (χ4v) is 1.89. The number of hydrogen-bond donors (Lipinski definition) is 2. The molecule has 7 heteroatoms. The van der Waals surface area contributed by atoms with Gasteiger partial charge in [0.15, 0.2) is 0 Å². The third-order valence-corrected chi connectivity index (χ3v) is 2.87. The molecule has 0 aliphatic carbocycles. The lowest BCUT2D eigenvalue weighted by Gasteiger charge is -2.15. The summed E-state index contributed by atoms with van der Waals surface area (Å²) in [6, 6.07) is 5.14. The van der Waals surface area contributed by atoms with E-state index in [4.69, 9.17) is 17.3 Å². The maximum absolute atomic E-state index is 13.0. The molecule has 0 atom stereocenters. The zero-order valence-corrected chi connectivity index (χ0v) is 11.2. The van der Waals surface area contributed by atoms with Crippen LogP contribution in [0.5, 0.6) is 0 Å². The zero-order chi connectivity index (χ0) is 14.9. The normalized spacial score (nSPS) is 11.4. The summed E-state index contributed by atoms with van der Waals surface area (Å²) in [4.78, 5) is 3.98. The molecule has 0 bridgehead atoms. The van der Waals surface area contributed by atoms with E-state index < -0.39 is 11.7 Å². The van der Waals surface area contributed by atoms with E-state index in [9.17, 15) is 13.2 Å². The molecule has 1 heterocycles. The molecule has 0 unspecified atom stereocenters. The number of benzene rings is 1. The summed E-state index contributed by atoms with van der Waals surface area (Å²) in [6.07, 6.45) is -3.13. The van der Waals surface area contributed by atoms with Crippen molar-refractivity contribution in [1.29, 1.82) is 0 Å². The summed E-state index contributed by atoms with van der Waals surface area (Å²) in [7, 11) is 0. The van der Waals surface area contributed by atoms with Crippen LogP contribution < -0.4 is 11.1 Å². The van der Waals surface area contributed by atoms with Crippen molar-refractivity contribution in [2.24, 2.45) is 0 Å². The van der Waals surface area contributed by atoms with Gasteiger partial charge in [-0.15, -0.1) is 0 Å². The van der Waals surface area contributed by atoms with Crippen LogP contribution in [0.2, 0.25) is 5.02 Å². The van der Waals surface area contributed by atoms with Gasteiger partial charge in [-0.3, -0.25) is 0 Å². The van der Waals surface area contributed by atoms with E-state index in [1.807, 2.05) is 0 Å². The average molecular weight is 302 g/mol. The highest BCUT2D eigenvalue weighted by molar-refractivity contribution is 6.30. The van der Waals surface area contributed by atoms with Gasteiger partial charge in [0.1, 0.15) is 5.82 Å². The van der Waals surface area contributed by atoms with Crippen molar-refractivity contribution in [3.05, 3.63) is 46.6 Å². The van der Waals surface area contributed by atoms with Crippen molar-refractivity contribution >= 4 is 28.8 Å². The van der Waals surface area contributed by atoms with Crippen LogP contribution in [0.1, 0.15) is 11.1 Å². The molecule has 2 rings (SSSR count). The first kappa shape index (κ1) is 14.5. The van der Waals surface area contributed by atoms with Gasteiger partial charge in [0.05, 0.1) is 23.1 Å². The highest BCUT2D eigenvalue weighted by atomic mass is 35.5. The number of nitrogens with one attached hydrogen (secondary N) is 1. The second kappa shape index (κ2) is 5.20. The molecule has 106 valence electrons. The summed E-state index contributed by atoms with van der Waals surface area (Å²) >= 11 is 5.62. The molecule has 0 fully saturated rings. The molecular formula is C13H11ClF3N3. The highest BCUT2D eigenvalue weighted by Crippen LogP contribution is 2.37. The van der Waals surface area contributed by atoms with Crippen LogP contribution in [0.3, 0.4) is 0 Å².